The lowest BCUT2D eigenvalue weighted by atomic mass is 10.3. The van der Waals surface area contributed by atoms with Gasteiger partial charge in [0.25, 0.3) is 0 Å². The SMILES string of the molecule is O=C(CNn1cccc1)Nc1cccc(Cl)c1. The van der Waals surface area contributed by atoms with E-state index in [4.69, 9.17) is 11.6 Å². The van der Waals surface area contributed by atoms with Crippen LogP contribution in [0.15, 0.2) is 48.8 Å². The number of amides is 1. The second-order valence-corrected chi connectivity index (χ2v) is 3.92. The summed E-state index contributed by atoms with van der Waals surface area (Å²) in [4.78, 5) is 11.6. The first-order valence-corrected chi connectivity index (χ1v) is 5.54. The predicted molar refractivity (Wildman–Crippen MR) is 68.7 cm³/mol. The van der Waals surface area contributed by atoms with Crippen molar-refractivity contribution < 1.29 is 4.79 Å². The van der Waals surface area contributed by atoms with E-state index >= 15 is 0 Å². The van der Waals surface area contributed by atoms with Gasteiger partial charge in [0.1, 0.15) is 6.54 Å². The number of aromatic nitrogens is 1. The highest BCUT2D eigenvalue weighted by Gasteiger charge is 2.01. The number of carbonyl (C=O) groups is 1. The van der Waals surface area contributed by atoms with Gasteiger partial charge in [-0.3, -0.25) is 9.47 Å². The van der Waals surface area contributed by atoms with Crippen LogP contribution in [0.25, 0.3) is 0 Å². The second kappa shape index (κ2) is 5.41. The fraction of sp³-hybridized carbons (Fsp3) is 0.0833. The highest BCUT2D eigenvalue weighted by atomic mass is 35.5. The van der Waals surface area contributed by atoms with Crippen LogP contribution in [0.3, 0.4) is 0 Å². The monoisotopic (exact) mass is 249 g/mol. The number of benzene rings is 1. The molecule has 1 aromatic carbocycles. The lowest BCUT2D eigenvalue weighted by Gasteiger charge is -2.08. The van der Waals surface area contributed by atoms with E-state index in [1.54, 1.807) is 28.9 Å². The second-order valence-electron chi connectivity index (χ2n) is 3.48. The standard InChI is InChI=1S/C12H12ClN3O/c13-10-4-3-5-11(8-10)15-12(17)9-14-16-6-1-2-7-16/h1-8,14H,9H2,(H,15,17). The van der Waals surface area contributed by atoms with Gasteiger partial charge < -0.3 is 10.7 Å². The Hall–Kier alpha value is -1.94. The smallest absolute Gasteiger partial charge is 0.245 e. The Morgan fingerprint density at radius 3 is 2.71 bits per heavy atom. The quantitative estimate of drug-likeness (QED) is 0.874. The first kappa shape index (κ1) is 11.5. The van der Waals surface area contributed by atoms with Gasteiger partial charge >= 0.3 is 0 Å². The molecule has 0 radical (unpaired) electrons. The van der Waals surface area contributed by atoms with Gasteiger partial charge in [0.05, 0.1) is 0 Å². The summed E-state index contributed by atoms with van der Waals surface area (Å²) in [5.74, 6) is -0.124. The molecule has 2 N–H and O–H groups in total. The van der Waals surface area contributed by atoms with Crippen LogP contribution in [0.2, 0.25) is 5.02 Å². The third kappa shape index (κ3) is 3.53. The van der Waals surface area contributed by atoms with Crippen LogP contribution in [0.1, 0.15) is 0 Å². The maximum absolute atomic E-state index is 11.6. The molecule has 0 aliphatic carbocycles. The molecule has 1 amide bonds. The van der Waals surface area contributed by atoms with E-state index in [1.807, 2.05) is 24.5 Å². The highest BCUT2D eigenvalue weighted by Crippen LogP contribution is 2.14. The van der Waals surface area contributed by atoms with Crippen LogP contribution in [0.4, 0.5) is 5.69 Å². The fourth-order valence-electron chi connectivity index (χ4n) is 1.37. The summed E-state index contributed by atoms with van der Waals surface area (Å²) in [6, 6.07) is 10.8. The van der Waals surface area contributed by atoms with Gasteiger partial charge in [-0.05, 0) is 30.3 Å². The lowest BCUT2D eigenvalue weighted by Crippen LogP contribution is -2.26. The van der Waals surface area contributed by atoms with Crippen LogP contribution in [-0.2, 0) is 4.79 Å². The third-order valence-corrected chi connectivity index (χ3v) is 2.37. The zero-order chi connectivity index (χ0) is 12.1. The van der Waals surface area contributed by atoms with Crippen molar-refractivity contribution in [3.05, 3.63) is 53.8 Å². The Morgan fingerprint density at radius 2 is 2.00 bits per heavy atom. The summed E-state index contributed by atoms with van der Waals surface area (Å²) >= 11 is 5.82. The van der Waals surface area contributed by atoms with Gasteiger partial charge in [-0.15, -0.1) is 0 Å². The van der Waals surface area contributed by atoms with E-state index in [1.165, 1.54) is 0 Å². The van der Waals surface area contributed by atoms with Crippen molar-refractivity contribution in [3.8, 4) is 0 Å². The summed E-state index contributed by atoms with van der Waals surface area (Å²) < 4.78 is 1.72. The van der Waals surface area contributed by atoms with Crippen LogP contribution < -0.4 is 10.7 Å². The van der Waals surface area contributed by atoms with E-state index < -0.39 is 0 Å². The molecule has 0 aliphatic heterocycles. The van der Waals surface area contributed by atoms with Crippen LogP contribution in [0.5, 0.6) is 0 Å². The average Bonchev–Trinajstić information content (AvgIpc) is 2.79. The number of hydrogen-bond donors (Lipinski definition) is 2. The number of carbonyl (C=O) groups excluding carboxylic acids is 1. The van der Waals surface area contributed by atoms with Crippen molar-refractivity contribution in [3.63, 3.8) is 0 Å². The molecule has 0 atom stereocenters. The molecule has 0 saturated heterocycles. The van der Waals surface area contributed by atoms with Crippen molar-refractivity contribution in [2.24, 2.45) is 0 Å². The molecule has 88 valence electrons. The first-order chi connectivity index (χ1) is 8.24. The molecule has 0 aliphatic rings. The van der Waals surface area contributed by atoms with E-state index in [0.717, 1.165) is 0 Å². The molecule has 2 rings (SSSR count). The molecule has 0 fully saturated rings. The molecule has 0 unspecified atom stereocenters. The van der Waals surface area contributed by atoms with E-state index in [9.17, 15) is 4.79 Å². The number of nitrogens with one attached hydrogen (secondary N) is 2. The molecular formula is C12H12ClN3O. The largest absolute Gasteiger partial charge is 0.324 e. The van der Waals surface area contributed by atoms with Gasteiger partial charge in [-0.1, -0.05) is 17.7 Å². The van der Waals surface area contributed by atoms with Crippen LogP contribution in [-0.4, -0.2) is 17.1 Å². The summed E-state index contributed by atoms with van der Waals surface area (Å²) in [5.41, 5.74) is 3.62. The molecule has 4 nitrogen and oxygen atoms in total. The third-order valence-electron chi connectivity index (χ3n) is 2.14. The van der Waals surface area contributed by atoms with E-state index in [0.29, 0.717) is 10.7 Å². The minimum atomic E-state index is -0.124. The average molecular weight is 250 g/mol. The summed E-state index contributed by atoms with van der Waals surface area (Å²) in [6.07, 6.45) is 3.65. The minimum absolute atomic E-state index is 0.124. The fourth-order valence-corrected chi connectivity index (χ4v) is 1.56. The van der Waals surface area contributed by atoms with Gasteiger partial charge in [0.2, 0.25) is 5.91 Å². The van der Waals surface area contributed by atoms with Gasteiger partial charge in [-0.25, -0.2) is 0 Å². The minimum Gasteiger partial charge on any atom is -0.324 e. The van der Waals surface area contributed by atoms with Crippen molar-refractivity contribution >= 4 is 23.2 Å². The van der Waals surface area contributed by atoms with Gasteiger partial charge in [-0.2, -0.15) is 0 Å². The van der Waals surface area contributed by atoms with Crippen LogP contribution >= 0.6 is 11.6 Å². The summed E-state index contributed by atoms with van der Waals surface area (Å²) in [5, 5.41) is 3.34. The van der Waals surface area contributed by atoms with Gasteiger partial charge in [0.15, 0.2) is 0 Å². The summed E-state index contributed by atoms with van der Waals surface area (Å²) in [6.45, 7) is 0.196. The Kier molecular flexibility index (Phi) is 3.67. The molecule has 0 saturated carbocycles. The van der Waals surface area contributed by atoms with Crippen LogP contribution in [0, 0.1) is 0 Å². The number of hydrogen-bond acceptors (Lipinski definition) is 2. The number of rotatable bonds is 4. The summed E-state index contributed by atoms with van der Waals surface area (Å²) in [7, 11) is 0. The van der Waals surface area contributed by atoms with Crippen molar-refractivity contribution in [2.45, 2.75) is 0 Å². The molecule has 2 aromatic rings. The lowest BCUT2D eigenvalue weighted by molar-refractivity contribution is -0.114. The van der Waals surface area contributed by atoms with Gasteiger partial charge in [0, 0.05) is 23.1 Å². The first-order valence-electron chi connectivity index (χ1n) is 5.16. The molecule has 0 spiro atoms. The maximum atomic E-state index is 11.6. The Bertz CT molecular complexity index is 496. The molecule has 0 bridgehead atoms. The maximum Gasteiger partial charge on any atom is 0.245 e. The molecule has 5 heteroatoms. The highest BCUT2D eigenvalue weighted by molar-refractivity contribution is 6.30. The van der Waals surface area contributed by atoms with E-state index in [-0.39, 0.29) is 12.5 Å². The zero-order valence-corrected chi connectivity index (χ0v) is 9.82. The Labute approximate surface area is 104 Å². The molecular weight excluding hydrogens is 238 g/mol. The molecule has 17 heavy (non-hydrogen) atoms. The van der Waals surface area contributed by atoms with Crippen molar-refractivity contribution in [1.29, 1.82) is 0 Å². The molecule has 1 heterocycles. The number of anilines is 1. The number of halogens is 1. The Balaban J connectivity index is 1.85. The Morgan fingerprint density at radius 1 is 1.24 bits per heavy atom. The topological polar surface area (TPSA) is 46.1 Å². The normalized spacial score (nSPS) is 9.94. The number of nitrogens with zero attached hydrogens (tertiary/aromatic N) is 1. The predicted octanol–water partition coefficient (Wildman–Crippen LogP) is 2.32. The zero-order valence-electron chi connectivity index (χ0n) is 9.06. The van der Waals surface area contributed by atoms with E-state index in [2.05, 4.69) is 10.7 Å². The van der Waals surface area contributed by atoms with Crippen molar-refractivity contribution in [1.82, 2.24) is 4.68 Å². The van der Waals surface area contributed by atoms with Crippen molar-refractivity contribution in [2.75, 3.05) is 17.3 Å². The molecule has 1 aromatic heterocycles.